The summed E-state index contributed by atoms with van der Waals surface area (Å²) in [5.74, 6) is 0. The maximum atomic E-state index is 12.5. The van der Waals surface area contributed by atoms with E-state index in [0.717, 1.165) is 12.1 Å². The van der Waals surface area contributed by atoms with Crippen LogP contribution >= 0.6 is 22.6 Å². The van der Waals surface area contributed by atoms with Crippen LogP contribution in [0.4, 0.5) is 18.9 Å². The van der Waals surface area contributed by atoms with Gasteiger partial charge in [0, 0.05) is 16.2 Å². The Labute approximate surface area is 102 Å². The highest BCUT2D eigenvalue weighted by Gasteiger charge is 2.38. The molecule has 0 atom stereocenters. The van der Waals surface area contributed by atoms with E-state index in [0.29, 0.717) is 3.57 Å². The number of nitrogens with zero attached hydrogens (tertiary/aromatic N) is 1. The molecule has 16 heavy (non-hydrogen) atoms. The highest BCUT2D eigenvalue weighted by atomic mass is 127. The van der Waals surface area contributed by atoms with Crippen molar-refractivity contribution in [2.75, 3.05) is 0 Å². The Morgan fingerprint density at radius 2 is 2.00 bits per heavy atom. The molecular formula is C8H6F3IN2O2. The molecule has 0 heterocycles. The fourth-order valence-electron chi connectivity index (χ4n) is 1.14. The second-order valence-electron chi connectivity index (χ2n) is 2.92. The maximum Gasteiger partial charge on any atom is 0.423 e. The molecule has 8 heteroatoms. The van der Waals surface area contributed by atoms with Gasteiger partial charge in [0.1, 0.15) is 5.56 Å². The van der Waals surface area contributed by atoms with Crippen LogP contribution in [0.3, 0.4) is 0 Å². The molecule has 1 aromatic carbocycles. The third kappa shape index (κ3) is 2.61. The second-order valence-corrected chi connectivity index (χ2v) is 4.08. The van der Waals surface area contributed by atoms with E-state index < -0.39 is 22.4 Å². The molecule has 0 aromatic heterocycles. The number of hydrogen-bond acceptors (Lipinski definition) is 3. The lowest BCUT2D eigenvalue weighted by Crippen LogP contribution is -2.11. The van der Waals surface area contributed by atoms with Gasteiger partial charge >= 0.3 is 6.18 Å². The van der Waals surface area contributed by atoms with Gasteiger partial charge in [0.25, 0.3) is 5.69 Å². The summed E-state index contributed by atoms with van der Waals surface area (Å²) in [5.41, 5.74) is 3.27. The van der Waals surface area contributed by atoms with Gasteiger partial charge in [-0.05, 0) is 34.2 Å². The molecule has 0 aliphatic heterocycles. The fraction of sp³-hybridized carbons (Fsp3) is 0.250. The standard InChI is InChI=1S/C8H6F3IN2O2/c9-8(10,11)5-1-4(3-13)6(12)2-7(5)14(15)16/h1-2H,3,13H2. The van der Waals surface area contributed by atoms with Gasteiger partial charge in [0.2, 0.25) is 0 Å². The average molecular weight is 346 g/mol. The Morgan fingerprint density at radius 3 is 2.38 bits per heavy atom. The Morgan fingerprint density at radius 1 is 1.44 bits per heavy atom. The molecule has 0 saturated carbocycles. The Hall–Kier alpha value is -0.900. The smallest absolute Gasteiger partial charge is 0.326 e. The van der Waals surface area contributed by atoms with Crippen molar-refractivity contribution in [1.82, 2.24) is 0 Å². The molecule has 4 nitrogen and oxygen atoms in total. The molecule has 0 spiro atoms. The van der Waals surface area contributed by atoms with Crippen LogP contribution in [-0.2, 0) is 12.7 Å². The van der Waals surface area contributed by atoms with E-state index in [9.17, 15) is 23.3 Å². The van der Waals surface area contributed by atoms with E-state index in [1.165, 1.54) is 0 Å². The van der Waals surface area contributed by atoms with Crippen LogP contribution in [0.2, 0.25) is 0 Å². The van der Waals surface area contributed by atoms with E-state index in [-0.39, 0.29) is 12.1 Å². The SMILES string of the molecule is NCc1cc(C(F)(F)F)c([N+](=O)[O-])cc1I. The van der Waals surface area contributed by atoms with Gasteiger partial charge in [-0.25, -0.2) is 0 Å². The topological polar surface area (TPSA) is 69.2 Å². The van der Waals surface area contributed by atoms with Crippen LogP contribution in [0, 0.1) is 13.7 Å². The predicted molar refractivity (Wildman–Crippen MR) is 58.7 cm³/mol. The van der Waals surface area contributed by atoms with E-state index in [1.54, 1.807) is 22.6 Å². The Kier molecular flexibility index (Phi) is 3.73. The summed E-state index contributed by atoms with van der Waals surface area (Å²) in [7, 11) is 0. The summed E-state index contributed by atoms with van der Waals surface area (Å²) in [6.07, 6.45) is -4.75. The number of benzene rings is 1. The van der Waals surface area contributed by atoms with Gasteiger partial charge in [0.15, 0.2) is 0 Å². The minimum Gasteiger partial charge on any atom is -0.326 e. The first-order valence-electron chi connectivity index (χ1n) is 4.01. The van der Waals surface area contributed by atoms with Crippen molar-refractivity contribution in [3.8, 4) is 0 Å². The highest BCUT2D eigenvalue weighted by Crippen LogP contribution is 2.37. The summed E-state index contributed by atoms with van der Waals surface area (Å²) < 4.78 is 37.9. The number of alkyl halides is 3. The summed E-state index contributed by atoms with van der Waals surface area (Å²) in [4.78, 5) is 9.44. The third-order valence-electron chi connectivity index (χ3n) is 1.89. The van der Waals surface area contributed by atoms with Crippen molar-refractivity contribution in [1.29, 1.82) is 0 Å². The fourth-order valence-corrected chi connectivity index (χ4v) is 1.81. The summed E-state index contributed by atoms with van der Waals surface area (Å²) in [6.45, 7) is -0.0979. The molecular weight excluding hydrogens is 340 g/mol. The number of halogens is 4. The molecule has 0 aliphatic carbocycles. The lowest BCUT2D eigenvalue weighted by molar-refractivity contribution is -0.388. The molecule has 0 amide bonds. The minimum absolute atomic E-state index is 0.0979. The summed E-state index contributed by atoms with van der Waals surface area (Å²) in [6, 6.07) is 1.60. The number of nitrogens with two attached hydrogens (primary N) is 1. The molecule has 88 valence electrons. The number of hydrogen-bond donors (Lipinski definition) is 1. The zero-order chi connectivity index (χ0) is 12.5. The van der Waals surface area contributed by atoms with Gasteiger partial charge in [-0.15, -0.1) is 0 Å². The van der Waals surface area contributed by atoms with Gasteiger partial charge in [-0.1, -0.05) is 0 Å². The Bertz CT molecular complexity index is 434. The lowest BCUT2D eigenvalue weighted by Gasteiger charge is -2.10. The van der Waals surface area contributed by atoms with Crippen LogP contribution in [0.15, 0.2) is 12.1 Å². The second kappa shape index (κ2) is 4.53. The summed E-state index contributed by atoms with van der Waals surface area (Å²) in [5, 5.41) is 10.5. The van der Waals surface area contributed by atoms with Crippen LogP contribution in [-0.4, -0.2) is 4.92 Å². The quantitative estimate of drug-likeness (QED) is 0.509. The Balaban J connectivity index is 3.49. The number of nitro groups is 1. The molecule has 0 fully saturated rings. The molecule has 0 unspecified atom stereocenters. The van der Waals surface area contributed by atoms with Crippen LogP contribution < -0.4 is 5.73 Å². The van der Waals surface area contributed by atoms with E-state index >= 15 is 0 Å². The molecule has 1 rings (SSSR count). The van der Waals surface area contributed by atoms with Crippen LogP contribution in [0.5, 0.6) is 0 Å². The van der Waals surface area contributed by atoms with Crippen molar-refractivity contribution in [2.45, 2.75) is 12.7 Å². The molecule has 0 saturated heterocycles. The molecule has 1 aromatic rings. The van der Waals surface area contributed by atoms with Crippen LogP contribution in [0.1, 0.15) is 11.1 Å². The van der Waals surface area contributed by atoms with Crippen molar-refractivity contribution in [3.05, 3.63) is 36.9 Å². The van der Waals surface area contributed by atoms with Crippen molar-refractivity contribution >= 4 is 28.3 Å². The number of rotatable bonds is 2. The average Bonchev–Trinajstić information content (AvgIpc) is 2.15. The summed E-state index contributed by atoms with van der Waals surface area (Å²) >= 11 is 1.71. The lowest BCUT2D eigenvalue weighted by atomic mass is 10.1. The monoisotopic (exact) mass is 346 g/mol. The minimum atomic E-state index is -4.75. The zero-order valence-corrected chi connectivity index (χ0v) is 9.87. The largest absolute Gasteiger partial charge is 0.423 e. The van der Waals surface area contributed by atoms with E-state index in [1.807, 2.05) is 0 Å². The van der Waals surface area contributed by atoms with Crippen molar-refractivity contribution in [2.24, 2.45) is 5.73 Å². The van der Waals surface area contributed by atoms with Crippen molar-refractivity contribution in [3.63, 3.8) is 0 Å². The number of nitro benzene ring substituents is 1. The zero-order valence-electron chi connectivity index (χ0n) is 7.71. The van der Waals surface area contributed by atoms with Gasteiger partial charge < -0.3 is 5.73 Å². The molecule has 0 aliphatic rings. The first kappa shape index (κ1) is 13.2. The predicted octanol–water partition coefficient (Wildman–Crippen LogP) is 2.68. The van der Waals surface area contributed by atoms with E-state index in [2.05, 4.69) is 0 Å². The third-order valence-corrected chi connectivity index (χ3v) is 2.89. The van der Waals surface area contributed by atoms with Gasteiger partial charge in [-0.2, -0.15) is 13.2 Å². The van der Waals surface area contributed by atoms with E-state index in [4.69, 9.17) is 5.73 Å². The molecule has 2 N–H and O–H groups in total. The highest BCUT2D eigenvalue weighted by molar-refractivity contribution is 14.1. The van der Waals surface area contributed by atoms with Crippen LogP contribution in [0.25, 0.3) is 0 Å². The molecule has 0 radical (unpaired) electrons. The first-order chi connectivity index (χ1) is 7.27. The first-order valence-corrected chi connectivity index (χ1v) is 5.09. The van der Waals surface area contributed by atoms with Gasteiger partial charge in [0.05, 0.1) is 4.92 Å². The molecule has 0 bridgehead atoms. The van der Waals surface area contributed by atoms with Gasteiger partial charge in [-0.3, -0.25) is 10.1 Å². The maximum absolute atomic E-state index is 12.5. The normalized spacial score (nSPS) is 11.6. The van der Waals surface area contributed by atoms with Crippen molar-refractivity contribution < 1.29 is 18.1 Å².